The third-order valence-electron chi connectivity index (χ3n) is 2.04. The molecule has 110 valence electrons. The van der Waals surface area contributed by atoms with E-state index in [9.17, 15) is 0 Å². The summed E-state index contributed by atoms with van der Waals surface area (Å²) in [4.78, 5) is 0. The van der Waals surface area contributed by atoms with Gasteiger partial charge in [-0.25, -0.2) is 0 Å². The van der Waals surface area contributed by atoms with Crippen LogP contribution in [0.4, 0.5) is 0 Å². The summed E-state index contributed by atoms with van der Waals surface area (Å²) in [5.41, 5.74) is 0. The van der Waals surface area contributed by atoms with E-state index in [1.807, 2.05) is 36.4 Å². The van der Waals surface area contributed by atoms with Crippen LogP contribution >= 0.6 is 0 Å². The van der Waals surface area contributed by atoms with Crippen molar-refractivity contribution in [3.05, 3.63) is 36.4 Å². The maximum Gasteiger partial charge on any atom is 0.484 e. The van der Waals surface area contributed by atoms with Crippen molar-refractivity contribution >= 4 is 9.53 Å². The summed E-state index contributed by atoms with van der Waals surface area (Å²) in [5, 5.41) is 0. The first kappa shape index (κ1) is 18.3. The van der Waals surface area contributed by atoms with Crippen molar-refractivity contribution in [2.75, 3.05) is 19.8 Å². The van der Waals surface area contributed by atoms with Gasteiger partial charge in [0.05, 0.1) is 0 Å². The third kappa shape index (κ3) is 13.5. The van der Waals surface area contributed by atoms with Gasteiger partial charge in [-0.05, 0) is 19.3 Å². The van der Waals surface area contributed by atoms with E-state index in [0.717, 1.165) is 39.1 Å². The number of rotatable bonds is 9. The van der Waals surface area contributed by atoms with Gasteiger partial charge in [0.15, 0.2) is 0 Å². The lowest BCUT2D eigenvalue weighted by atomic mass is 10.4. The van der Waals surface area contributed by atoms with Gasteiger partial charge in [-0.1, -0.05) is 57.2 Å². The molecule has 0 saturated carbocycles. The van der Waals surface area contributed by atoms with Crippen LogP contribution in [0.5, 0.6) is 0 Å². The normalized spacial score (nSPS) is 10.1. The van der Waals surface area contributed by atoms with Gasteiger partial charge in [0.2, 0.25) is 0 Å². The molecule has 0 atom stereocenters. The second-order valence-electron chi connectivity index (χ2n) is 4.06. The molecule has 0 unspecified atom stereocenters. The molecule has 0 bridgehead atoms. The van der Waals surface area contributed by atoms with Crippen molar-refractivity contribution < 1.29 is 13.3 Å². The number of benzene rings is 1. The average molecular weight is 284 g/mol. The van der Waals surface area contributed by atoms with E-state index in [0.29, 0.717) is 0 Å². The molecule has 0 heterocycles. The van der Waals surface area contributed by atoms with Gasteiger partial charge in [0, 0.05) is 19.8 Å². The van der Waals surface area contributed by atoms with Crippen LogP contribution in [0.3, 0.4) is 0 Å². The largest absolute Gasteiger partial charge is 0.484 e. The molecular formula is C15H28O3Si. The molecule has 4 heteroatoms. The molecule has 0 saturated heterocycles. The van der Waals surface area contributed by atoms with Crippen LogP contribution in [0, 0.1) is 0 Å². The molecule has 0 aliphatic rings. The summed E-state index contributed by atoms with van der Waals surface area (Å²) in [6.07, 6.45) is 3.07. The van der Waals surface area contributed by atoms with Crippen LogP contribution in [0.2, 0.25) is 0 Å². The Morgan fingerprint density at radius 2 is 0.842 bits per heavy atom. The lowest BCUT2D eigenvalue weighted by Crippen LogP contribution is -2.28. The molecule has 0 amide bonds. The number of hydrogen-bond donors (Lipinski definition) is 0. The first-order valence-electron chi connectivity index (χ1n) is 7.19. The molecule has 0 aliphatic heterocycles. The van der Waals surface area contributed by atoms with Crippen LogP contribution in [0.15, 0.2) is 36.4 Å². The molecule has 3 nitrogen and oxygen atoms in total. The molecule has 19 heavy (non-hydrogen) atoms. The lowest BCUT2D eigenvalue weighted by Gasteiger charge is -2.15. The maximum absolute atomic E-state index is 5.49. The smallest absolute Gasteiger partial charge is 0.376 e. The summed E-state index contributed by atoms with van der Waals surface area (Å²) < 4.78 is 16.5. The van der Waals surface area contributed by atoms with Crippen LogP contribution in [-0.4, -0.2) is 29.3 Å². The van der Waals surface area contributed by atoms with E-state index in [2.05, 4.69) is 20.8 Å². The standard InChI is InChI=1S/C9H22O3Si.C6H6/c1-4-7-10-13(11-8-5-2)12-9-6-3;1-2-4-6-5-3-1/h13H,4-9H2,1-3H3;1-6H. The Hall–Kier alpha value is -0.683. The lowest BCUT2D eigenvalue weighted by molar-refractivity contribution is 0.0933. The van der Waals surface area contributed by atoms with Crippen LogP contribution in [0.25, 0.3) is 0 Å². The second-order valence-corrected chi connectivity index (χ2v) is 5.63. The number of hydrogen-bond acceptors (Lipinski definition) is 3. The second kappa shape index (κ2) is 15.4. The van der Waals surface area contributed by atoms with Crippen molar-refractivity contribution in [3.8, 4) is 0 Å². The van der Waals surface area contributed by atoms with E-state index < -0.39 is 9.53 Å². The molecule has 0 aliphatic carbocycles. The zero-order chi connectivity index (χ0) is 14.2. The van der Waals surface area contributed by atoms with Crippen molar-refractivity contribution in [3.63, 3.8) is 0 Å². The Morgan fingerprint density at radius 3 is 1.05 bits per heavy atom. The maximum atomic E-state index is 5.49. The Kier molecular flexibility index (Phi) is 14.8. The quantitative estimate of drug-likeness (QED) is 0.648. The SMILES string of the molecule is CCCO[SiH](OCCC)OCCC.c1ccccc1. The van der Waals surface area contributed by atoms with E-state index in [4.69, 9.17) is 13.3 Å². The minimum absolute atomic E-state index is 0.754. The van der Waals surface area contributed by atoms with Crippen LogP contribution < -0.4 is 0 Å². The van der Waals surface area contributed by atoms with Crippen molar-refractivity contribution in [1.29, 1.82) is 0 Å². The van der Waals surface area contributed by atoms with Gasteiger partial charge in [-0.15, -0.1) is 0 Å². The van der Waals surface area contributed by atoms with Crippen molar-refractivity contribution in [2.45, 2.75) is 40.0 Å². The Labute approximate surface area is 119 Å². The minimum atomic E-state index is -1.79. The predicted octanol–water partition coefficient (Wildman–Crippen LogP) is 3.67. The average Bonchev–Trinajstić information content (AvgIpc) is 2.49. The van der Waals surface area contributed by atoms with Gasteiger partial charge < -0.3 is 13.3 Å². The zero-order valence-corrected chi connectivity index (χ0v) is 13.7. The molecule has 0 radical (unpaired) electrons. The molecule has 0 spiro atoms. The highest BCUT2D eigenvalue weighted by atomic mass is 28.3. The van der Waals surface area contributed by atoms with Gasteiger partial charge in [0.25, 0.3) is 0 Å². The molecule has 1 aromatic carbocycles. The molecule has 1 aromatic rings. The topological polar surface area (TPSA) is 27.7 Å². The highest BCUT2D eigenvalue weighted by molar-refractivity contribution is 6.36. The third-order valence-corrected chi connectivity index (χ3v) is 3.56. The van der Waals surface area contributed by atoms with Crippen molar-refractivity contribution in [1.82, 2.24) is 0 Å². The van der Waals surface area contributed by atoms with Gasteiger partial charge in [0.1, 0.15) is 0 Å². The summed E-state index contributed by atoms with van der Waals surface area (Å²) >= 11 is 0. The summed E-state index contributed by atoms with van der Waals surface area (Å²) in [6.45, 7) is 8.53. The Balaban J connectivity index is 0.000000443. The molecule has 0 aromatic heterocycles. The first-order valence-corrected chi connectivity index (χ1v) is 8.61. The fraction of sp³-hybridized carbons (Fsp3) is 0.600. The van der Waals surface area contributed by atoms with Crippen molar-refractivity contribution in [2.24, 2.45) is 0 Å². The molecule has 1 rings (SSSR count). The monoisotopic (exact) mass is 284 g/mol. The summed E-state index contributed by atoms with van der Waals surface area (Å²) in [5.74, 6) is 0. The molecule has 0 fully saturated rings. The Morgan fingerprint density at radius 1 is 0.579 bits per heavy atom. The van der Waals surface area contributed by atoms with Gasteiger partial charge >= 0.3 is 9.53 Å². The van der Waals surface area contributed by atoms with Crippen LogP contribution in [0.1, 0.15) is 40.0 Å². The summed E-state index contributed by atoms with van der Waals surface area (Å²) in [6, 6.07) is 12.0. The zero-order valence-electron chi connectivity index (χ0n) is 12.5. The first-order chi connectivity index (χ1) is 9.35. The molecule has 0 N–H and O–H groups in total. The fourth-order valence-electron chi connectivity index (χ4n) is 1.17. The predicted molar refractivity (Wildman–Crippen MR) is 82.3 cm³/mol. The highest BCUT2D eigenvalue weighted by Crippen LogP contribution is 1.96. The highest BCUT2D eigenvalue weighted by Gasteiger charge is 2.13. The van der Waals surface area contributed by atoms with Gasteiger partial charge in [-0.3, -0.25) is 0 Å². The fourth-order valence-corrected chi connectivity index (χ4v) is 2.74. The Bertz CT molecular complexity index is 211. The van der Waals surface area contributed by atoms with E-state index in [1.165, 1.54) is 0 Å². The van der Waals surface area contributed by atoms with E-state index in [1.54, 1.807) is 0 Å². The molecular weight excluding hydrogens is 256 g/mol. The van der Waals surface area contributed by atoms with E-state index >= 15 is 0 Å². The van der Waals surface area contributed by atoms with Gasteiger partial charge in [-0.2, -0.15) is 0 Å². The summed E-state index contributed by atoms with van der Waals surface area (Å²) in [7, 11) is -1.79. The van der Waals surface area contributed by atoms with Crippen LogP contribution in [-0.2, 0) is 13.3 Å². The van der Waals surface area contributed by atoms with E-state index in [-0.39, 0.29) is 0 Å². The minimum Gasteiger partial charge on any atom is -0.376 e.